The third-order valence-corrected chi connectivity index (χ3v) is 4.13. The second kappa shape index (κ2) is 11.2. The Morgan fingerprint density at radius 3 is 2.35 bits per heavy atom. The number of ether oxygens (including phenoxy) is 2. The van der Waals surface area contributed by atoms with Gasteiger partial charge in [0.25, 0.3) is 10.1 Å². The van der Waals surface area contributed by atoms with E-state index in [0.29, 0.717) is 25.2 Å². The Balaban J connectivity index is 2.01. The Hall–Kier alpha value is -1.44. The molecule has 23 heavy (non-hydrogen) atoms. The zero-order valence-electron chi connectivity index (χ0n) is 13.4. The van der Waals surface area contributed by atoms with Crippen molar-refractivity contribution in [2.45, 2.75) is 31.9 Å². The smallest absolute Gasteiger partial charge is 0.302 e. The molecule has 0 aliphatic carbocycles. The molecule has 130 valence electrons. The number of unbranched alkanes of at least 4 members (excludes halogenated alkanes) is 2. The largest absolute Gasteiger partial charge is 0.463 e. The van der Waals surface area contributed by atoms with E-state index in [-0.39, 0.29) is 24.9 Å². The lowest BCUT2D eigenvalue weighted by atomic mass is 10.2. The number of carbonyl (C=O) groups is 1. The molecule has 0 aliphatic heterocycles. The standard InChI is InChI=1S/C16H24O6S/c1-15(17)21-13-12-20-10-6-3-7-11-22-23(18,19)14-16-8-4-2-5-9-16/h2,4-5,8-9H,3,6-7,10-14H2,1H3. The quantitative estimate of drug-likeness (QED) is 0.329. The fourth-order valence-electron chi connectivity index (χ4n) is 1.84. The molecule has 0 fully saturated rings. The first-order valence-electron chi connectivity index (χ1n) is 7.62. The average Bonchev–Trinajstić information content (AvgIpc) is 2.49. The molecule has 0 radical (unpaired) electrons. The summed E-state index contributed by atoms with van der Waals surface area (Å²) in [4.78, 5) is 10.5. The molecule has 0 aliphatic rings. The van der Waals surface area contributed by atoms with E-state index in [1.54, 1.807) is 24.3 Å². The lowest BCUT2D eigenvalue weighted by molar-refractivity contribution is -0.142. The SMILES string of the molecule is CC(=O)OCCOCCCCCOS(=O)(=O)Cc1ccccc1. The van der Waals surface area contributed by atoms with E-state index in [0.717, 1.165) is 12.8 Å². The van der Waals surface area contributed by atoms with Crippen LogP contribution in [0.1, 0.15) is 31.7 Å². The lowest BCUT2D eigenvalue weighted by Gasteiger charge is -2.06. The molecule has 0 aromatic heterocycles. The molecule has 0 N–H and O–H groups in total. The monoisotopic (exact) mass is 344 g/mol. The second-order valence-corrected chi connectivity index (χ2v) is 6.66. The minimum absolute atomic E-state index is 0.104. The molecule has 0 amide bonds. The predicted octanol–water partition coefficient (Wildman–Crippen LogP) is 2.28. The first kappa shape index (κ1) is 19.6. The van der Waals surface area contributed by atoms with Crippen LogP contribution in [0.2, 0.25) is 0 Å². The minimum atomic E-state index is -3.53. The third kappa shape index (κ3) is 10.8. The minimum Gasteiger partial charge on any atom is -0.463 e. The number of carbonyl (C=O) groups excluding carboxylic acids is 1. The van der Waals surface area contributed by atoms with Crippen molar-refractivity contribution in [3.8, 4) is 0 Å². The van der Waals surface area contributed by atoms with Crippen LogP contribution in [-0.2, 0) is 34.3 Å². The molecule has 1 aromatic carbocycles. The van der Waals surface area contributed by atoms with Gasteiger partial charge in [0.15, 0.2) is 0 Å². The Morgan fingerprint density at radius 2 is 1.65 bits per heavy atom. The van der Waals surface area contributed by atoms with Gasteiger partial charge >= 0.3 is 5.97 Å². The molecule has 0 bridgehead atoms. The van der Waals surface area contributed by atoms with Crippen LogP contribution >= 0.6 is 0 Å². The van der Waals surface area contributed by atoms with Gasteiger partial charge in [0.1, 0.15) is 12.4 Å². The van der Waals surface area contributed by atoms with Crippen LogP contribution in [0, 0.1) is 0 Å². The summed E-state index contributed by atoms with van der Waals surface area (Å²) in [6, 6.07) is 8.95. The zero-order valence-corrected chi connectivity index (χ0v) is 14.2. The van der Waals surface area contributed by atoms with Crippen molar-refractivity contribution in [1.82, 2.24) is 0 Å². The molecule has 0 spiro atoms. The van der Waals surface area contributed by atoms with E-state index < -0.39 is 10.1 Å². The molecule has 0 saturated carbocycles. The molecular weight excluding hydrogens is 320 g/mol. The maximum atomic E-state index is 11.8. The molecular formula is C16H24O6S. The van der Waals surface area contributed by atoms with Crippen LogP contribution in [-0.4, -0.2) is 40.8 Å². The van der Waals surface area contributed by atoms with Crippen LogP contribution in [0.15, 0.2) is 30.3 Å². The summed E-state index contributed by atoms with van der Waals surface area (Å²) in [5, 5.41) is 0. The highest BCUT2D eigenvalue weighted by Gasteiger charge is 2.11. The maximum absolute atomic E-state index is 11.8. The summed E-state index contributed by atoms with van der Waals surface area (Å²) in [5.74, 6) is -0.421. The summed E-state index contributed by atoms with van der Waals surface area (Å²) in [7, 11) is -3.53. The summed E-state index contributed by atoms with van der Waals surface area (Å²) >= 11 is 0. The van der Waals surface area contributed by atoms with Crippen molar-refractivity contribution in [1.29, 1.82) is 0 Å². The number of benzene rings is 1. The first-order chi connectivity index (χ1) is 11.0. The van der Waals surface area contributed by atoms with Gasteiger partial charge in [-0.15, -0.1) is 0 Å². The van der Waals surface area contributed by atoms with E-state index >= 15 is 0 Å². The van der Waals surface area contributed by atoms with E-state index in [2.05, 4.69) is 0 Å². The van der Waals surface area contributed by atoms with Gasteiger partial charge in [-0.25, -0.2) is 0 Å². The molecule has 1 aromatic rings. The molecule has 0 heterocycles. The van der Waals surface area contributed by atoms with Crippen molar-refractivity contribution < 1.29 is 26.9 Å². The summed E-state index contributed by atoms with van der Waals surface area (Å²) in [6.45, 7) is 2.73. The van der Waals surface area contributed by atoms with Crippen LogP contribution in [0.5, 0.6) is 0 Å². The average molecular weight is 344 g/mol. The van der Waals surface area contributed by atoms with E-state index in [1.807, 2.05) is 6.07 Å². The second-order valence-electron chi connectivity index (χ2n) is 5.02. The van der Waals surface area contributed by atoms with Gasteiger partial charge in [0, 0.05) is 13.5 Å². The van der Waals surface area contributed by atoms with Crippen LogP contribution in [0.3, 0.4) is 0 Å². The molecule has 0 atom stereocenters. The number of hydrogen-bond acceptors (Lipinski definition) is 6. The van der Waals surface area contributed by atoms with Crippen LogP contribution in [0.4, 0.5) is 0 Å². The van der Waals surface area contributed by atoms with Crippen molar-refractivity contribution in [2.75, 3.05) is 26.4 Å². The Labute approximate surface area is 137 Å². The fourth-order valence-corrected chi connectivity index (χ4v) is 2.89. The zero-order chi connectivity index (χ0) is 17.0. The van der Waals surface area contributed by atoms with E-state index in [9.17, 15) is 13.2 Å². The normalized spacial score (nSPS) is 11.3. The topological polar surface area (TPSA) is 78.9 Å². The van der Waals surface area contributed by atoms with Gasteiger partial charge < -0.3 is 9.47 Å². The fraction of sp³-hybridized carbons (Fsp3) is 0.562. The Morgan fingerprint density at radius 1 is 0.957 bits per heavy atom. The van der Waals surface area contributed by atoms with Crippen molar-refractivity contribution in [2.24, 2.45) is 0 Å². The highest BCUT2D eigenvalue weighted by Crippen LogP contribution is 2.08. The molecule has 6 nitrogen and oxygen atoms in total. The molecule has 7 heteroatoms. The van der Waals surface area contributed by atoms with Crippen LogP contribution < -0.4 is 0 Å². The van der Waals surface area contributed by atoms with Gasteiger partial charge in [-0.05, 0) is 24.8 Å². The predicted molar refractivity (Wildman–Crippen MR) is 86.3 cm³/mol. The highest BCUT2D eigenvalue weighted by atomic mass is 32.2. The van der Waals surface area contributed by atoms with Gasteiger partial charge in [-0.1, -0.05) is 30.3 Å². The van der Waals surface area contributed by atoms with Crippen molar-refractivity contribution in [3.63, 3.8) is 0 Å². The highest BCUT2D eigenvalue weighted by molar-refractivity contribution is 7.85. The summed E-state index contributed by atoms with van der Waals surface area (Å²) in [6.07, 6.45) is 2.28. The maximum Gasteiger partial charge on any atom is 0.302 e. The molecule has 1 rings (SSSR count). The van der Waals surface area contributed by atoms with Crippen molar-refractivity contribution >= 4 is 16.1 Å². The van der Waals surface area contributed by atoms with Gasteiger partial charge in [0.2, 0.25) is 0 Å². The summed E-state index contributed by atoms with van der Waals surface area (Å²) < 4.78 is 38.5. The Kier molecular flexibility index (Phi) is 9.51. The molecule has 0 saturated heterocycles. The Bertz CT molecular complexity index is 541. The van der Waals surface area contributed by atoms with E-state index in [4.69, 9.17) is 13.7 Å². The van der Waals surface area contributed by atoms with Gasteiger partial charge in [-0.2, -0.15) is 8.42 Å². The van der Waals surface area contributed by atoms with Crippen molar-refractivity contribution in [3.05, 3.63) is 35.9 Å². The van der Waals surface area contributed by atoms with Gasteiger partial charge in [-0.3, -0.25) is 8.98 Å². The number of hydrogen-bond donors (Lipinski definition) is 0. The van der Waals surface area contributed by atoms with Crippen LogP contribution in [0.25, 0.3) is 0 Å². The number of rotatable bonds is 12. The first-order valence-corrected chi connectivity index (χ1v) is 9.19. The third-order valence-electron chi connectivity index (χ3n) is 2.92. The lowest BCUT2D eigenvalue weighted by Crippen LogP contribution is -2.10. The van der Waals surface area contributed by atoms with Gasteiger partial charge in [0.05, 0.1) is 13.2 Å². The molecule has 0 unspecified atom stereocenters. The summed E-state index contributed by atoms with van der Waals surface area (Å²) in [5.41, 5.74) is 0.716. The van der Waals surface area contributed by atoms with E-state index in [1.165, 1.54) is 6.92 Å². The number of esters is 1.